The lowest BCUT2D eigenvalue weighted by Crippen LogP contribution is -2.44. The van der Waals surface area contributed by atoms with Gasteiger partial charge < -0.3 is 10.2 Å². The van der Waals surface area contributed by atoms with Gasteiger partial charge in [-0.2, -0.15) is 0 Å². The molecule has 0 bridgehead atoms. The number of hydrogen-bond acceptors (Lipinski definition) is 5. The van der Waals surface area contributed by atoms with Crippen molar-refractivity contribution in [3.63, 3.8) is 0 Å². The van der Waals surface area contributed by atoms with Crippen molar-refractivity contribution in [3.05, 3.63) is 53.7 Å². The average Bonchev–Trinajstić information content (AvgIpc) is 3.16. The molecule has 0 aliphatic heterocycles. The topological polar surface area (TPSA) is 79.6 Å². The zero-order valence-corrected chi connectivity index (χ0v) is 18.6. The lowest BCUT2D eigenvalue weighted by molar-refractivity contribution is -0.134. The molecule has 2 aromatic heterocycles. The van der Waals surface area contributed by atoms with Gasteiger partial charge in [0.1, 0.15) is 6.54 Å². The molecule has 30 heavy (non-hydrogen) atoms. The predicted octanol–water partition coefficient (Wildman–Crippen LogP) is 3.70. The van der Waals surface area contributed by atoms with E-state index in [9.17, 15) is 9.59 Å². The fraction of sp³-hybridized carbons (Fsp3) is 0.364. The third-order valence-electron chi connectivity index (χ3n) is 5.24. The number of fused-ring (bicyclic) bond motifs is 1. The van der Waals surface area contributed by atoms with Crippen LogP contribution in [0.25, 0.3) is 5.65 Å². The van der Waals surface area contributed by atoms with Crippen LogP contribution in [0.15, 0.2) is 47.8 Å². The van der Waals surface area contributed by atoms with E-state index in [4.69, 9.17) is 0 Å². The second-order valence-electron chi connectivity index (χ2n) is 7.27. The van der Waals surface area contributed by atoms with Crippen molar-refractivity contribution in [1.29, 1.82) is 0 Å². The highest BCUT2D eigenvalue weighted by atomic mass is 32.2. The van der Waals surface area contributed by atoms with Crippen LogP contribution in [0.5, 0.6) is 0 Å². The van der Waals surface area contributed by atoms with E-state index in [1.54, 1.807) is 4.90 Å². The van der Waals surface area contributed by atoms with Crippen molar-refractivity contribution in [2.24, 2.45) is 0 Å². The molecule has 0 fully saturated rings. The van der Waals surface area contributed by atoms with Gasteiger partial charge in [-0.3, -0.25) is 14.0 Å². The van der Waals surface area contributed by atoms with Gasteiger partial charge in [0.2, 0.25) is 11.8 Å². The monoisotopic (exact) mass is 425 g/mol. The van der Waals surface area contributed by atoms with Crippen LogP contribution >= 0.6 is 11.8 Å². The van der Waals surface area contributed by atoms with Crippen LogP contribution in [0.2, 0.25) is 0 Å². The first-order valence-electron chi connectivity index (χ1n) is 9.98. The van der Waals surface area contributed by atoms with E-state index in [1.165, 1.54) is 11.8 Å². The number of benzene rings is 1. The van der Waals surface area contributed by atoms with Gasteiger partial charge >= 0.3 is 0 Å². The molecule has 0 radical (unpaired) electrons. The number of aryl methyl sites for hydroxylation is 1. The summed E-state index contributed by atoms with van der Waals surface area (Å²) in [6, 6.07) is 11.4. The van der Waals surface area contributed by atoms with Crippen LogP contribution in [0.1, 0.15) is 31.4 Å². The SMILES string of the molecule is CC[C@H](C)N(CC(=O)Nc1cccc(C)c1C)C(=O)CSc1nnc2ccccn12. The molecule has 0 saturated heterocycles. The van der Waals surface area contributed by atoms with Gasteiger partial charge in [-0.05, 0) is 56.5 Å². The first kappa shape index (κ1) is 21.8. The Morgan fingerprint density at radius 2 is 1.97 bits per heavy atom. The number of carbonyl (C=O) groups is 2. The largest absolute Gasteiger partial charge is 0.330 e. The number of anilines is 1. The van der Waals surface area contributed by atoms with Crippen molar-refractivity contribution in [1.82, 2.24) is 19.5 Å². The number of carbonyl (C=O) groups excluding carboxylic acids is 2. The van der Waals surface area contributed by atoms with E-state index >= 15 is 0 Å². The van der Waals surface area contributed by atoms with E-state index in [2.05, 4.69) is 15.5 Å². The van der Waals surface area contributed by atoms with Gasteiger partial charge in [0, 0.05) is 17.9 Å². The molecule has 2 heterocycles. The Labute approximate surface area is 180 Å². The number of aromatic nitrogens is 3. The Balaban J connectivity index is 1.66. The molecule has 7 nitrogen and oxygen atoms in total. The number of nitrogens with zero attached hydrogens (tertiary/aromatic N) is 4. The summed E-state index contributed by atoms with van der Waals surface area (Å²) in [5, 5.41) is 11.9. The summed E-state index contributed by atoms with van der Waals surface area (Å²) < 4.78 is 1.85. The maximum absolute atomic E-state index is 13.0. The van der Waals surface area contributed by atoms with Crippen LogP contribution in [-0.2, 0) is 9.59 Å². The summed E-state index contributed by atoms with van der Waals surface area (Å²) in [4.78, 5) is 27.3. The molecular formula is C22H27N5O2S. The quantitative estimate of drug-likeness (QED) is 0.557. The van der Waals surface area contributed by atoms with Gasteiger partial charge in [0.05, 0.1) is 5.75 Å². The van der Waals surface area contributed by atoms with Crippen molar-refractivity contribution in [3.8, 4) is 0 Å². The van der Waals surface area contributed by atoms with Gasteiger partial charge in [-0.25, -0.2) is 0 Å². The zero-order chi connectivity index (χ0) is 21.7. The molecule has 8 heteroatoms. The van der Waals surface area contributed by atoms with Gasteiger partial charge in [-0.1, -0.05) is 36.9 Å². The smallest absolute Gasteiger partial charge is 0.244 e. The Morgan fingerprint density at radius 1 is 1.17 bits per heavy atom. The minimum Gasteiger partial charge on any atom is -0.330 e. The van der Waals surface area contributed by atoms with Crippen LogP contribution in [0.3, 0.4) is 0 Å². The summed E-state index contributed by atoms with van der Waals surface area (Å²) in [5.74, 6) is -0.107. The van der Waals surface area contributed by atoms with E-state index in [-0.39, 0.29) is 30.2 Å². The molecule has 0 aliphatic rings. The second-order valence-corrected chi connectivity index (χ2v) is 8.22. The Bertz CT molecular complexity index is 1050. The highest BCUT2D eigenvalue weighted by molar-refractivity contribution is 7.99. The van der Waals surface area contributed by atoms with Crippen LogP contribution < -0.4 is 5.32 Å². The molecule has 158 valence electrons. The standard InChI is InChI=1S/C22H27N5O2S/c1-5-16(3)27(13-20(28)23-18-10-8-9-15(2)17(18)4)21(29)14-30-22-25-24-19-11-6-7-12-26(19)22/h6-12,16H,5,13-14H2,1-4H3,(H,23,28)/t16-/m0/s1. The van der Waals surface area contributed by atoms with Crippen molar-refractivity contribution in [2.75, 3.05) is 17.6 Å². The summed E-state index contributed by atoms with van der Waals surface area (Å²) in [7, 11) is 0. The number of thioether (sulfide) groups is 1. The first-order chi connectivity index (χ1) is 14.4. The summed E-state index contributed by atoms with van der Waals surface area (Å²) in [6.45, 7) is 7.96. The fourth-order valence-electron chi connectivity index (χ4n) is 3.07. The lowest BCUT2D eigenvalue weighted by atomic mass is 10.1. The number of rotatable bonds is 8. The average molecular weight is 426 g/mol. The highest BCUT2D eigenvalue weighted by Crippen LogP contribution is 2.20. The normalized spacial score (nSPS) is 12.0. The van der Waals surface area contributed by atoms with Crippen molar-refractivity contribution in [2.45, 2.75) is 45.3 Å². The minimum atomic E-state index is -0.199. The molecular weight excluding hydrogens is 398 g/mol. The number of pyridine rings is 1. The molecule has 2 amide bonds. The van der Waals surface area contributed by atoms with Crippen molar-refractivity contribution < 1.29 is 9.59 Å². The number of amides is 2. The summed E-state index contributed by atoms with van der Waals surface area (Å²) >= 11 is 1.32. The minimum absolute atomic E-state index is 0.0162. The maximum atomic E-state index is 13.0. The molecule has 0 spiro atoms. The van der Waals surface area contributed by atoms with E-state index in [0.29, 0.717) is 5.16 Å². The van der Waals surface area contributed by atoms with E-state index in [1.807, 2.05) is 74.7 Å². The van der Waals surface area contributed by atoms with Gasteiger partial charge in [0.25, 0.3) is 0 Å². The molecule has 1 N–H and O–H groups in total. The molecule has 1 aromatic carbocycles. The molecule has 0 aliphatic carbocycles. The second kappa shape index (κ2) is 9.75. The van der Waals surface area contributed by atoms with Crippen molar-refractivity contribution >= 4 is 34.9 Å². The third kappa shape index (κ3) is 4.99. The maximum Gasteiger partial charge on any atom is 0.244 e. The Morgan fingerprint density at radius 3 is 2.73 bits per heavy atom. The van der Waals surface area contributed by atoms with Crippen LogP contribution in [0.4, 0.5) is 5.69 Å². The molecule has 1 atom stereocenters. The number of hydrogen-bond donors (Lipinski definition) is 1. The molecule has 0 unspecified atom stereocenters. The highest BCUT2D eigenvalue weighted by Gasteiger charge is 2.23. The van der Waals surface area contributed by atoms with E-state index in [0.717, 1.165) is 28.9 Å². The third-order valence-corrected chi connectivity index (χ3v) is 6.17. The molecule has 3 aromatic rings. The summed E-state index contributed by atoms with van der Waals surface area (Å²) in [6.07, 6.45) is 2.63. The van der Waals surface area contributed by atoms with Crippen LogP contribution in [-0.4, -0.2) is 49.7 Å². The van der Waals surface area contributed by atoms with Gasteiger partial charge in [-0.15, -0.1) is 10.2 Å². The molecule has 3 rings (SSSR count). The lowest BCUT2D eigenvalue weighted by Gasteiger charge is -2.28. The van der Waals surface area contributed by atoms with Gasteiger partial charge in [0.15, 0.2) is 10.8 Å². The van der Waals surface area contributed by atoms with E-state index < -0.39 is 0 Å². The number of nitrogens with one attached hydrogen (secondary N) is 1. The zero-order valence-electron chi connectivity index (χ0n) is 17.8. The Hall–Kier alpha value is -2.87. The summed E-state index contributed by atoms with van der Waals surface area (Å²) in [5.41, 5.74) is 3.65. The fourth-order valence-corrected chi connectivity index (χ4v) is 3.88. The Kier molecular flexibility index (Phi) is 7.10. The molecule has 0 saturated carbocycles. The predicted molar refractivity (Wildman–Crippen MR) is 120 cm³/mol. The van der Waals surface area contributed by atoms with Crippen LogP contribution in [0, 0.1) is 13.8 Å². The first-order valence-corrected chi connectivity index (χ1v) is 11.0.